The third kappa shape index (κ3) is 5.96. The van der Waals surface area contributed by atoms with E-state index in [1.54, 1.807) is 7.05 Å². The molecule has 1 aromatic heterocycles. The molecule has 9 nitrogen and oxygen atoms in total. The van der Waals surface area contributed by atoms with Crippen molar-refractivity contribution in [3.8, 4) is 17.1 Å². The van der Waals surface area contributed by atoms with Crippen molar-refractivity contribution < 1.29 is 14.6 Å². The van der Waals surface area contributed by atoms with Crippen molar-refractivity contribution >= 4 is 11.6 Å². The SMILES string of the molecule is CNCC(O)COc1cccc(-c2nc(NC3CCOC3)c(C)c(N3CCN(C)C(C)C3)n2)c1. The first-order valence-corrected chi connectivity index (χ1v) is 12.2. The van der Waals surface area contributed by atoms with Crippen LogP contribution in [0.2, 0.25) is 0 Å². The van der Waals surface area contributed by atoms with Gasteiger partial charge in [0, 0.05) is 50.0 Å². The molecule has 0 aliphatic carbocycles. The molecular formula is C25H38N6O3. The number of hydrogen-bond donors (Lipinski definition) is 3. The predicted molar refractivity (Wildman–Crippen MR) is 135 cm³/mol. The van der Waals surface area contributed by atoms with Crippen molar-refractivity contribution in [2.45, 2.75) is 38.5 Å². The van der Waals surface area contributed by atoms with E-state index >= 15 is 0 Å². The third-order valence-corrected chi connectivity index (χ3v) is 6.62. The van der Waals surface area contributed by atoms with E-state index in [4.69, 9.17) is 19.4 Å². The van der Waals surface area contributed by atoms with Crippen LogP contribution in [0.3, 0.4) is 0 Å². The number of likely N-dealkylation sites (N-methyl/N-ethyl adjacent to an activating group) is 2. The van der Waals surface area contributed by atoms with Crippen molar-refractivity contribution in [2.24, 2.45) is 0 Å². The van der Waals surface area contributed by atoms with Crippen LogP contribution in [0.25, 0.3) is 11.4 Å². The Kier molecular flexibility index (Phi) is 8.20. The second-order valence-corrected chi connectivity index (χ2v) is 9.38. The molecule has 2 aliphatic rings. The van der Waals surface area contributed by atoms with Crippen LogP contribution in [-0.2, 0) is 4.74 Å². The van der Waals surface area contributed by atoms with Crippen LogP contribution >= 0.6 is 0 Å². The Labute approximate surface area is 202 Å². The van der Waals surface area contributed by atoms with Gasteiger partial charge >= 0.3 is 0 Å². The molecule has 3 heterocycles. The van der Waals surface area contributed by atoms with Gasteiger partial charge in [-0.25, -0.2) is 9.97 Å². The number of rotatable bonds is 9. The molecule has 9 heteroatoms. The molecule has 3 N–H and O–H groups in total. The van der Waals surface area contributed by atoms with E-state index in [-0.39, 0.29) is 12.6 Å². The lowest BCUT2D eigenvalue weighted by Gasteiger charge is -2.39. The molecule has 0 saturated carbocycles. The minimum absolute atomic E-state index is 0.220. The van der Waals surface area contributed by atoms with Crippen molar-refractivity contribution in [3.63, 3.8) is 0 Å². The molecule has 1 aromatic carbocycles. The number of piperazine rings is 1. The maximum Gasteiger partial charge on any atom is 0.164 e. The predicted octanol–water partition coefficient (Wildman–Crippen LogP) is 1.75. The van der Waals surface area contributed by atoms with Gasteiger partial charge in [-0.05, 0) is 46.5 Å². The molecule has 3 atom stereocenters. The summed E-state index contributed by atoms with van der Waals surface area (Å²) < 4.78 is 11.4. The number of hydrogen-bond acceptors (Lipinski definition) is 9. The number of nitrogens with one attached hydrogen (secondary N) is 2. The van der Waals surface area contributed by atoms with Gasteiger partial charge in [0.1, 0.15) is 30.1 Å². The fourth-order valence-corrected chi connectivity index (χ4v) is 4.38. The van der Waals surface area contributed by atoms with Gasteiger partial charge in [0.25, 0.3) is 0 Å². The molecule has 186 valence electrons. The van der Waals surface area contributed by atoms with Crippen molar-refractivity contribution in [2.75, 3.05) is 70.3 Å². The average Bonchev–Trinajstić information content (AvgIpc) is 3.34. The van der Waals surface area contributed by atoms with E-state index in [0.29, 0.717) is 30.8 Å². The standard InChI is InChI=1S/C25H38N6O3/c1-17-14-31(10-9-30(17)4)25-18(2)23(27-20-8-11-33-15-20)28-24(29-25)19-6-5-7-22(12-19)34-16-21(32)13-26-3/h5-7,12,17,20-21,26,32H,8-11,13-16H2,1-4H3,(H,27,28,29). The molecular weight excluding hydrogens is 432 g/mol. The first-order chi connectivity index (χ1) is 16.4. The van der Waals surface area contributed by atoms with Gasteiger partial charge in [-0.15, -0.1) is 0 Å². The van der Waals surface area contributed by atoms with E-state index in [9.17, 15) is 5.11 Å². The highest BCUT2D eigenvalue weighted by atomic mass is 16.5. The Morgan fingerprint density at radius 3 is 2.88 bits per heavy atom. The van der Waals surface area contributed by atoms with Crippen molar-refractivity contribution in [1.82, 2.24) is 20.2 Å². The summed E-state index contributed by atoms with van der Waals surface area (Å²) in [4.78, 5) is 14.7. The highest BCUT2D eigenvalue weighted by molar-refractivity contribution is 5.67. The number of aliphatic hydroxyl groups excluding tert-OH is 1. The van der Waals surface area contributed by atoms with E-state index in [1.807, 2.05) is 24.3 Å². The molecule has 2 saturated heterocycles. The maximum absolute atomic E-state index is 9.98. The fourth-order valence-electron chi connectivity index (χ4n) is 4.38. The zero-order chi connectivity index (χ0) is 24.1. The second kappa shape index (κ2) is 11.3. The van der Waals surface area contributed by atoms with Gasteiger partial charge in [-0.2, -0.15) is 0 Å². The molecule has 0 bridgehead atoms. The lowest BCUT2D eigenvalue weighted by atomic mass is 10.1. The van der Waals surface area contributed by atoms with Crippen LogP contribution in [-0.4, -0.2) is 98.3 Å². The molecule has 34 heavy (non-hydrogen) atoms. The minimum atomic E-state index is -0.570. The van der Waals surface area contributed by atoms with Crippen LogP contribution in [0.5, 0.6) is 5.75 Å². The largest absolute Gasteiger partial charge is 0.491 e. The van der Waals surface area contributed by atoms with Crippen LogP contribution in [0.15, 0.2) is 24.3 Å². The molecule has 0 radical (unpaired) electrons. The van der Waals surface area contributed by atoms with Gasteiger partial charge in [-0.1, -0.05) is 12.1 Å². The van der Waals surface area contributed by atoms with Crippen molar-refractivity contribution in [3.05, 3.63) is 29.8 Å². The van der Waals surface area contributed by atoms with Gasteiger partial charge < -0.3 is 35.0 Å². The fraction of sp³-hybridized carbons (Fsp3) is 0.600. The quantitative estimate of drug-likeness (QED) is 0.507. The van der Waals surface area contributed by atoms with Gasteiger partial charge in [-0.3, -0.25) is 0 Å². The second-order valence-electron chi connectivity index (χ2n) is 9.38. The molecule has 2 fully saturated rings. The summed E-state index contributed by atoms with van der Waals surface area (Å²) in [5.41, 5.74) is 1.95. The maximum atomic E-state index is 9.98. The summed E-state index contributed by atoms with van der Waals surface area (Å²) in [6.07, 6.45) is 0.400. The van der Waals surface area contributed by atoms with E-state index in [2.05, 4.69) is 41.3 Å². The molecule has 0 amide bonds. The monoisotopic (exact) mass is 470 g/mol. The molecule has 3 unspecified atom stereocenters. The average molecular weight is 471 g/mol. The molecule has 2 aliphatic heterocycles. The number of anilines is 2. The van der Waals surface area contributed by atoms with Crippen molar-refractivity contribution in [1.29, 1.82) is 0 Å². The summed E-state index contributed by atoms with van der Waals surface area (Å²) in [6.45, 7) is 9.37. The first kappa shape index (κ1) is 24.7. The van der Waals surface area contributed by atoms with Crippen LogP contribution in [0.4, 0.5) is 11.6 Å². The summed E-state index contributed by atoms with van der Waals surface area (Å²) in [5, 5.41) is 16.5. The Hall–Kier alpha value is -2.46. The number of ether oxygens (including phenoxy) is 2. The molecule has 2 aromatic rings. The van der Waals surface area contributed by atoms with E-state index in [0.717, 1.165) is 55.4 Å². The summed E-state index contributed by atoms with van der Waals surface area (Å²) >= 11 is 0. The number of benzene rings is 1. The normalized spacial score (nSPS) is 22.1. The smallest absolute Gasteiger partial charge is 0.164 e. The Bertz CT molecular complexity index is 952. The lowest BCUT2D eigenvalue weighted by molar-refractivity contribution is 0.108. The highest BCUT2D eigenvalue weighted by Gasteiger charge is 2.26. The van der Waals surface area contributed by atoms with Crippen LogP contribution in [0, 0.1) is 6.92 Å². The molecule has 0 spiro atoms. The topological polar surface area (TPSA) is 95.0 Å². The van der Waals surface area contributed by atoms with Gasteiger partial charge in [0.2, 0.25) is 0 Å². The highest BCUT2D eigenvalue weighted by Crippen LogP contribution is 2.31. The Balaban J connectivity index is 1.64. The summed E-state index contributed by atoms with van der Waals surface area (Å²) in [7, 11) is 3.98. The zero-order valence-corrected chi connectivity index (χ0v) is 20.8. The Morgan fingerprint density at radius 2 is 2.15 bits per heavy atom. The number of nitrogens with zero attached hydrogens (tertiary/aromatic N) is 4. The van der Waals surface area contributed by atoms with Gasteiger partial charge in [0.15, 0.2) is 5.82 Å². The zero-order valence-electron chi connectivity index (χ0n) is 20.8. The Morgan fingerprint density at radius 1 is 1.29 bits per heavy atom. The van der Waals surface area contributed by atoms with E-state index < -0.39 is 6.10 Å². The number of aromatic nitrogens is 2. The van der Waals surface area contributed by atoms with Crippen LogP contribution in [0.1, 0.15) is 18.9 Å². The van der Waals surface area contributed by atoms with E-state index in [1.165, 1.54) is 0 Å². The third-order valence-electron chi connectivity index (χ3n) is 6.62. The summed E-state index contributed by atoms with van der Waals surface area (Å²) in [6, 6.07) is 8.47. The number of aliphatic hydroxyl groups is 1. The van der Waals surface area contributed by atoms with Gasteiger partial charge in [0.05, 0.1) is 12.6 Å². The first-order valence-electron chi connectivity index (χ1n) is 12.2. The lowest BCUT2D eigenvalue weighted by Crippen LogP contribution is -2.50. The molecule has 4 rings (SSSR count). The van der Waals surface area contributed by atoms with Crippen LogP contribution < -0.4 is 20.3 Å². The summed E-state index contributed by atoms with van der Waals surface area (Å²) in [5.74, 6) is 3.18. The minimum Gasteiger partial charge on any atom is -0.491 e.